The maximum Gasteiger partial charge on any atom is 0.335 e. The van der Waals surface area contributed by atoms with Gasteiger partial charge in [0.1, 0.15) is 23.0 Å². The molecule has 1 spiro atoms. The number of aliphatic hydroxyl groups excluding tert-OH is 2. The molecule has 9 nitrogen and oxygen atoms in total. The van der Waals surface area contributed by atoms with E-state index in [1.165, 1.54) is 6.08 Å². The molecular formula is C19H25F2NO8S. The van der Waals surface area contributed by atoms with Gasteiger partial charge in [-0.2, -0.15) is 0 Å². The van der Waals surface area contributed by atoms with E-state index in [2.05, 4.69) is 4.72 Å². The molecule has 1 aliphatic heterocycles. The van der Waals surface area contributed by atoms with Crippen LogP contribution in [0.3, 0.4) is 0 Å². The Morgan fingerprint density at radius 1 is 1.35 bits per heavy atom. The molecule has 0 amide bonds. The highest BCUT2D eigenvalue weighted by molar-refractivity contribution is 7.93. The number of hydrogen-bond acceptors (Lipinski definition) is 8. The Kier molecular flexibility index (Phi) is 8.49. The molecule has 1 fully saturated rings. The zero-order chi connectivity index (χ0) is 23.2. The van der Waals surface area contributed by atoms with E-state index in [1.807, 2.05) is 0 Å². The van der Waals surface area contributed by atoms with Gasteiger partial charge in [0.25, 0.3) is 0 Å². The molecule has 174 valence electrons. The second kappa shape index (κ2) is 10.5. The molecule has 3 rings (SSSR count). The largest absolute Gasteiger partial charge is 0.463 e. The van der Waals surface area contributed by atoms with Crippen molar-refractivity contribution in [1.29, 1.82) is 0 Å². The van der Waals surface area contributed by atoms with Gasteiger partial charge in [0, 0.05) is 19.6 Å². The third-order valence-corrected chi connectivity index (χ3v) is 6.37. The van der Waals surface area contributed by atoms with Crippen molar-refractivity contribution in [2.45, 2.75) is 36.9 Å². The minimum absolute atomic E-state index is 0.0109. The molecule has 0 aromatic heterocycles. The van der Waals surface area contributed by atoms with Crippen molar-refractivity contribution in [2.75, 3.05) is 31.7 Å². The molecule has 1 heterocycles. The molecule has 31 heavy (non-hydrogen) atoms. The van der Waals surface area contributed by atoms with Crippen LogP contribution in [0.1, 0.15) is 19.8 Å². The molecule has 3 N–H and O–H groups in total. The number of ether oxygens (including phenoxy) is 3. The first-order valence-electron chi connectivity index (χ1n) is 9.43. The summed E-state index contributed by atoms with van der Waals surface area (Å²) in [4.78, 5) is 12.4. The van der Waals surface area contributed by atoms with Gasteiger partial charge >= 0.3 is 5.97 Å². The fraction of sp³-hybridized carbons (Fsp3) is 0.526. The van der Waals surface area contributed by atoms with E-state index in [0.717, 1.165) is 19.2 Å². The average molecular weight is 465 g/mol. The lowest BCUT2D eigenvalue weighted by Crippen LogP contribution is -2.42. The summed E-state index contributed by atoms with van der Waals surface area (Å²) >= 11 is 0. The summed E-state index contributed by atoms with van der Waals surface area (Å²) in [6, 6.07) is 2.41. The highest BCUT2D eigenvalue weighted by Crippen LogP contribution is 2.39. The van der Waals surface area contributed by atoms with Gasteiger partial charge < -0.3 is 24.4 Å². The Bertz CT molecular complexity index is 923. The summed E-state index contributed by atoms with van der Waals surface area (Å²) < 4.78 is 71.0. The van der Waals surface area contributed by atoms with Gasteiger partial charge in [-0.25, -0.2) is 22.0 Å². The van der Waals surface area contributed by atoms with E-state index in [9.17, 15) is 27.1 Å². The molecule has 0 radical (unpaired) electrons. The molecule has 3 unspecified atom stereocenters. The molecular weight excluding hydrogens is 440 g/mol. The smallest absolute Gasteiger partial charge is 0.335 e. The van der Waals surface area contributed by atoms with Crippen LogP contribution in [0.15, 0.2) is 29.8 Å². The first-order chi connectivity index (χ1) is 14.7. The Morgan fingerprint density at radius 3 is 2.65 bits per heavy atom. The highest BCUT2D eigenvalue weighted by Gasteiger charge is 2.48. The fourth-order valence-corrected chi connectivity index (χ4v) is 4.84. The molecule has 1 aromatic rings. The number of nitrogens with one attached hydrogen (secondary N) is 1. The number of hydrogen-bond donors (Lipinski definition) is 3. The van der Waals surface area contributed by atoms with E-state index in [4.69, 9.17) is 19.3 Å². The third-order valence-electron chi connectivity index (χ3n) is 4.63. The first-order valence-corrected chi connectivity index (χ1v) is 11.0. The lowest BCUT2D eigenvalue weighted by atomic mass is 9.94. The minimum Gasteiger partial charge on any atom is -0.463 e. The summed E-state index contributed by atoms with van der Waals surface area (Å²) in [6.07, 6.45) is 0.647. The molecule has 2 aliphatic rings. The van der Waals surface area contributed by atoms with Crippen molar-refractivity contribution in [3.8, 4) is 0 Å². The van der Waals surface area contributed by atoms with Crippen molar-refractivity contribution in [1.82, 2.24) is 0 Å². The van der Waals surface area contributed by atoms with Crippen molar-refractivity contribution in [3.05, 3.63) is 41.5 Å². The topological polar surface area (TPSA) is 131 Å². The number of carbonyl (C=O) groups excluding carboxylic acids is 1. The number of carbonyl (C=O) groups is 1. The number of halogens is 2. The van der Waals surface area contributed by atoms with E-state index in [-0.39, 0.29) is 38.2 Å². The van der Waals surface area contributed by atoms with Crippen LogP contribution >= 0.6 is 0 Å². The molecule has 12 heteroatoms. The van der Waals surface area contributed by atoms with E-state index in [1.54, 1.807) is 6.92 Å². The predicted octanol–water partition coefficient (Wildman–Crippen LogP) is 1.07. The second-order valence-corrected chi connectivity index (χ2v) is 8.53. The molecule has 1 saturated heterocycles. The van der Waals surface area contributed by atoms with Gasteiger partial charge in [0.2, 0.25) is 10.0 Å². The van der Waals surface area contributed by atoms with E-state index in [0.29, 0.717) is 6.07 Å². The van der Waals surface area contributed by atoms with Gasteiger partial charge in [0.05, 0.1) is 31.1 Å². The Labute approximate surface area is 178 Å². The standard InChI is InChI=1S/C18H21F2NO7S.CH4O/c1-2-26-17(23)13-8-18(27-10-12(9-22)28-18)6-5-16(13)29(24,25)21-15-4-3-11(19)7-14(15)20;1-2/h3-4,7-8,12,16,21-22H,2,5-6,9-10H2,1H3;2H,1H3. The quantitative estimate of drug-likeness (QED) is 0.532. The average Bonchev–Trinajstić information content (AvgIpc) is 3.14. The predicted molar refractivity (Wildman–Crippen MR) is 105 cm³/mol. The number of esters is 1. The summed E-state index contributed by atoms with van der Waals surface area (Å²) in [7, 11) is -3.29. The molecule has 1 aromatic carbocycles. The summed E-state index contributed by atoms with van der Waals surface area (Å²) in [5.74, 6) is -4.16. The number of anilines is 1. The first kappa shape index (κ1) is 25.1. The number of aliphatic hydroxyl groups is 2. The van der Waals surface area contributed by atoms with Crippen molar-refractivity contribution < 1.29 is 46.4 Å². The van der Waals surface area contributed by atoms with Crippen LogP contribution in [0.5, 0.6) is 0 Å². The summed E-state index contributed by atoms with van der Waals surface area (Å²) in [6.45, 7) is 1.37. The second-order valence-electron chi connectivity index (χ2n) is 6.66. The highest BCUT2D eigenvalue weighted by atomic mass is 32.2. The summed E-state index contributed by atoms with van der Waals surface area (Å²) in [5.41, 5.74) is -0.657. The Hall–Kier alpha value is -2.12. The van der Waals surface area contributed by atoms with Gasteiger partial charge in [-0.15, -0.1) is 0 Å². The molecule has 1 aliphatic carbocycles. The van der Waals surface area contributed by atoms with Crippen molar-refractivity contribution >= 4 is 21.7 Å². The maximum atomic E-state index is 13.9. The monoisotopic (exact) mass is 465 g/mol. The zero-order valence-electron chi connectivity index (χ0n) is 17.0. The minimum atomic E-state index is -4.29. The molecule has 3 atom stereocenters. The molecule has 0 bridgehead atoms. The van der Waals surface area contributed by atoms with E-state index < -0.39 is 50.5 Å². The maximum absolute atomic E-state index is 13.9. The van der Waals surface area contributed by atoms with Crippen LogP contribution in [-0.4, -0.2) is 68.7 Å². The fourth-order valence-electron chi connectivity index (χ4n) is 3.29. The normalized spacial score (nSPS) is 25.4. The van der Waals surface area contributed by atoms with Gasteiger partial charge in [-0.05, 0) is 31.6 Å². The number of benzene rings is 1. The van der Waals surface area contributed by atoms with Crippen molar-refractivity contribution in [2.24, 2.45) is 0 Å². The van der Waals surface area contributed by atoms with E-state index >= 15 is 0 Å². The number of sulfonamides is 1. The zero-order valence-corrected chi connectivity index (χ0v) is 17.8. The van der Waals surface area contributed by atoms with Crippen LogP contribution in [0.4, 0.5) is 14.5 Å². The molecule has 0 saturated carbocycles. The van der Waals surface area contributed by atoms with Crippen LogP contribution < -0.4 is 4.72 Å². The van der Waals surface area contributed by atoms with Crippen LogP contribution in [0, 0.1) is 11.6 Å². The van der Waals surface area contributed by atoms with Crippen molar-refractivity contribution in [3.63, 3.8) is 0 Å². The number of rotatable bonds is 6. The van der Waals surface area contributed by atoms with Crippen LogP contribution in [0.25, 0.3) is 0 Å². The SMILES string of the molecule is CCOC(=O)C1=CC2(CCC1S(=O)(=O)Nc1ccc(F)cc1F)OCC(CO)O2.CO. The Morgan fingerprint density at radius 2 is 2.06 bits per heavy atom. The third kappa shape index (κ3) is 5.77. The van der Waals surface area contributed by atoms with Gasteiger partial charge in [-0.1, -0.05) is 0 Å². The van der Waals surface area contributed by atoms with Gasteiger partial charge in [-0.3, -0.25) is 4.72 Å². The van der Waals surface area contributed by atoms with Gasteiger partial charge in [0.15, 0.2) is 5.79 Å². The van der Waals surface area contributed by atoms with Crippen LogP contribution in [0.2, 0.25) is 0 Å². The lowest BCUT2D eigenvalue weighted by Gasteiger charge is -2.33. The summed E-state index contributed by atoms with van der Waals surface area (Å²) in [5, 5.41) is 14.9. The lowest BCUT2D eigenvalue weighted by molar-refractivity contribution is -0.148. The Balaban J connectivity index is 0.00000166. The van der Waals surface area contributed by atoms with Crippen LogP contribution in [-0.2, 0) is 29.0 Å².